The summed E-state index contributed by atoms with van der Waals surface area (Å²) in [6.45, 7) is 2.65. The Morgan fingerprint density at radius 3 is 2.38 bits per heavy atom. The fourth-order valence-corrected chi connectivity index (χ4v) is 3.27. The van der Waals surface area contributed by atoms with E-state index in [0.29, 0.717) is 4.90 Å². The molecule has 1 aliphatic rings. The Hall–Kier alpha value is -4.01. The number of carbonyl (C=O) groups excluding carboxylic acids is 3. The number of aromatic nitrogens is 1. The summed E-state index contributed by atoms with van der Waals surface area (Å²) in [5, 5.41) is 11.2. The summed E-state index contributed by atoms with van der Waals surface area (Å²) in [6, 6.07) is 5.25. The molecule has 2 heterocycles. The Labute approximate surface area is 179 Å². The van der Waals surface area contributed by atoms with Crippen molar-refractivity contribution in [3.8, 4) is 6.07 Å². The summed E-state index contributed by atoms with van der Waals surface area (Å²) in [5.41, 5.74) is -4.33. The molecule has 0 spiro atoms. The number of anilines is 2. The van der Waals surface area contributed by atoms with Crippen molar-refractivity contribution >= 4 is 29.4 Å². The topological polar surface area (TPSA) is 106 Å². The van der Waals surface area contributed by atoms with E-state index in [0.717, 1.165) is 29.2 Å². The number of nitrogens with zero attached hydrogens (tertiary/aromatic N) is 4. The number of urea groups is 1. The number of alkyl halides is 3. The molecule has 4 amide bonds. The van der Waals surface area contributed by atoms with Gasteiger partial charge in [0.2, 0.25) is 0 Å². The molecular formula is C20H15F4N5O3. The highest BCUT2D eigenvalue weighted by atomic mass is 19.4. The summed E-state index contributed by atoms with van der Waals surface area (Å²) in [4.78, 5) is 42.4. The van der Waals surface area contributed by atoms with E-state index >= 15 is 0 Å². The number of hydrogen-bond donors (Lipinski definition) is 1. The Kier molecular flexibility index (Phi) is 5.38. The third-order valence-electron chi connectivity index (χ3n) is 4.85. The third-order valence-corrected chi connectivity index (χ3v) is 4.85. The van der Waals surface area contributed by atoms with Gasteiger partial charge in [0.15, 0.2) is 5.69 Å². The maximum atomic E-state index is 14.4. The molecule has 0 saturated carbocycles. The van der Waals surface area contributed by atoms with Crippen LogP contribution in [0.15, 0.2) is 30.3 Å². The molecule has 0 aliphatic carbocycles. The molecule has 3 rings (SSSR count). The number of nitriles is 1. The molecule has 1 saturated heterocycles. The molecule has 1 fully saturated rings. The highest BCUT2D eigenvalue weighted by Gasteiger charge is 2.53. The lowest BCUT2D eigenvalue weighted by Crippen LogP contribution is -2.44. The summed E-state index contributed by atoms with van der Waals surface area (Å²) in [6.07, 6.45) is -5.00. The van der Waals surface area contributed by atoms with E-state index in [4.69, 9.17) is 5.26 Å². The van der Waals surface area contributed by atoms with Gasteiger partial charge in [-0.2, -0.15) is 18.4 Å². The van der Waals surface area contributed by atoms with Gasteiger partial charge in [0, 0.05) is 12.7 Å². The molecule has 1 aliphatic heterocycles. The van der Waals surface area contributed by atoms with Gasteiger partial charge in [-0.15, -0.1) is 0 Å². The second-order valence-corrected chi connectivity index (χ2v) is 7.24. The second-order valence-electron chi connectivity index (χ2n) is 7.24. The van der Waals surface area contributed by atoms with Crippen molar-refractivity contribution in [3.05, 3.63) is 53.0 Å². The van der Waals surface area contributed by atoms with Gasteiger partial charge in [-0.05, 0) is 44.2 Å². The first-order valence-corrected chi connectivity index (χ1v) is 9.03. The lowest BCUT2D eigenvalue weighted by Gasteiger charge is -2.27. The van der Waals surface area contributed by atoms with E-state index in [-0.39, 0.29) is 11.3 Å². The SMILES string of the molecule is CNC(=O)c1ccc(N2C(=O)N(c3ccc(C#N)c(C(F)(F)F)n3)C(=O)C2(C)C)cc1F. The Morgan fingerprint density at radius 1 is 1.19 bits per heavy atom. The van der Waals surface area contributed by atoms with Gasteiger partial charge in [0.05, 0.1) is 11.1 Å². The van der Waals surface area contributed by atoms with Gasteiger partial charge < -0.3 is 5.32 Å². The molecule has 1 aromatic heterocycles. The molecule has 32 heavy (non-hydrogen) atoms. The molecule has 166 valence electrons. The predicted octanol–water partition coefficient (Wildman–Crippen LogP) is 3.22. The van der Waals surface area contributed by atoms with Crippen molar-refractivity contribution < 1.29 is 31.9 Å². The van der Waals surface area contributed by atoms with Crippen LogP contribution in [0.4, 0.5) is 33.9 Å². The van der Waals surface area contributed by atoms with E-state index in [1.165, 1.54) is 33.0 Å². The maximum absolute atomic E-state index is 14.4. The van der Waals surface area contributed by atoms with Crippen LogP contribution in [0.25, 0.3) is 0 Å². The van der Waals surface area contributed by atoms with E-state index in [1.807, 2.05) is 0 Å². The van der Waals surface area contributed by atoms with Crippen molar-refractivity contribution in [2.45, 2.75) is 25.6 Å². The minimum Gasteiger partial charge on any atom is -0.355 e. The molecule has 0 bridgehead atoms. The minimum absolute atomic E-state index is 0.0920. The smallest absolute Gasteiger partial charge is 0.355 e. The van der Waals surface area contributed by atoms with Crippen LogP contribution in [0.2, 0.25) is 0 Å². The molecular weight excluding hydrogens is 434 g/mol. The zero-order valence-electron chi connectivity index (χ0n) is 16.9. The number of nitrogens with one attached hydrogen (secondary N) is 1. The van der Waals surface area contributed by atoms with Crippen molar-refractivity contribution in [1.29, 1.82) is 5.26 Å². The van der Waals surface area contributed by atoms with Crippen LogP contribution in [-0.2, 0) is 11.0 Å². The average Bonchev–Trinajstić information content (AvgIpc) is 2.90. The van der Waals surface area contributed by atoms with Crippen LogP contribution < -0.4 is 15.1 Å². The molecule has 1 N–H and O–H groups in total. The Morgan fingerprint density at radius 2 is 1.84 bits per heavy atom. The standard InChI is InChI=1S/C20H15F4N5O3/c1-19(2)17(31)28(14-7-4-10(9-25)15(27-14)20(22,23)24)18(32)29(19)11-5-6-12(13(21)8-11)16(30)26-3/h4-8H,1-3H3,(H,26,30). The first-order valence-electron chi connectivity index (χ1n) is 9.03. The number of amides is 4. The fraction of sp³-hybridized carbons (Fsp3) is 0.250. The summed E-state index contributed by atoms with van der Waals surface area (Å²) in [5.74, 6) is -3.22. The maximum Gasteiger partial charge on any atom is 0.434 e. The number of rotatable bonds is 3. The van der Waals surface area contributed by atoms with Crippen molar-refractivity contribution in [3.63, 3.8) is 0 Å². The largest absolute Gasteiger partial charge is 0.434 e. The van der Waals surface area contributed by atoms with Gasteiger partial charge >= 0.3 is 12.2 Å². The monoisotopic (exact) mass is 449 g/mol. The number of imide groups is 1. The minimum atomic E-state index is -5.00. The van der Waals surface area contributed by atoms with Crippen molar-refractivity contribution in [2.24, 2.45) is 0 Å². The number of benzene rings is 1. The molecule has 2 aromatic rings. The average molecular weight is 449 g/mol. The molecule has 0 atom stereocenters. The lowest BCUT2D eigenvalue weighted by molar-refractivity contribution is -0.141. The Bertz CT molecular complexity index is 1190. The van der Waals surface area contributed by atoms with Crippen LogP contribution in [0.3, 0.4) is 0 Å². The highest BCUT2D eigenvalue weighted by Crippen LogP contribution is 2.38. The summed E-state index contributed by atoms with van der Waals surface area (Å²) >= 11 is 0. The molecule has 8 nitrogen and oxygen atoms in total. The molecule has 1 aromatic carbocycles. The van der Waals surface area contributed by atoms with E-state index in [2.05, 4.69) is 10.3 Å². The normalized spacial score (nSPS) is 15.7. The van der Waals surface area contributed by atoms with Crippen LogP contribution in [0, 0.1) is 17.1 Å². The zero-order chi connectivity index (χ0) is 24.0. The number of halogens is 4. The van der Waals surface area contributed by atoms with Gasteiger partial charge in [0.25, 0.3) is 11.8 Å². The van der Waals surface area contributed by atoms with Crippen molar-refractivity contribution in [1.82, 2.24) is 10.3 Å². The quantitative estimate of drug-likeness (QED) is 0.572. The van der Waals surface area contributed by atoms with Crippen LogP contribution in [-0.4, -0.2) is 35.4 Å². The van der Waals surface area contributed by atoms with Crippen LogP contribution in [0.1, 0.15) is 35.5 Å². The summed E-state index contributed by atoms with van der Waals surface area (Å²) < 4.78 is 54.3. The number of carbonyl (C=O) groups is 3. The number of hydrogen-bond acceptors (Lipinski definition) is 5. The van der Waals surface area contributed by atoms with Gasteiger partial charge in [0.1, 0.15) is 23.2 Å². The molecule has 0 radical (unpaired) electrons. The van der Waals surface area contributed by atoms with Crippen LogP contribution >= 0.6 is 0 Å². The molecule has 0 unspecified atom stereocenters. The highest BCUT2D eigenvalue weighted by molar-refractivity contribution is 6.29. The predicted molar refractivity (Wildman–Crippen MR) is 103 cm³/mol. The lowest BCUT2D eigenvalue weighted by atomic mass is 10.0. The van der Waals surface area contributed by atoms with Crippen LogP contribution in [0.5, 0.6) is 0 Å². The fourth-order valence-electron chi connectivity index (χ4n) is 3.27. The first kappa shape index (κ1) is 22.7. The number of pyridine rings is 1. The van der Waals surface area contributed by atoms with Gasteiger partial charge in [-0.3, -0.25) is 14.5 Å². The van der Waals surface area contributed by atoms with Crippen molar-refractivity contribution in [2.75, 3.05) is 16.8 Å². The Balaban J connectivity index is 2.10. The zero-order valence-corrected chi connectivity index (χ0v) is 16.9. The third kappa shape index (κ3) is 3.51. The van der Waals surface area contributed by atoms with Gasteiger partial charge in [-0.25, -0.2) is 19.1 Å². The van der Waals surface area contributed by atoms with E-state index in [1.54, 1.807) is 0 Å². The summed E-state index contributed by atoms with van der Waals surface area (Å²) in [7, 11) is 1.30. The first-order chi connectivity index (χ1) is 14.8. The van der Waals surface area contributed by atoms with E-state index in [9.17, 15) is 31.9 Å². The van der Waals surface area contributed by atoms with Gasteiger partial charge in [-0.1, -0.05) is 0 Å². The van der Waals surface area contributed by atoms with E-state index < -0.39 is 52.5 Å². The molecule has 12 heteroatoms. The second kappa shape index (κ2) is 7.60.